The van der Waals surface area contributed by atoms with Crippen LogP contribution in [0, 0.1) is 0 Å². The smallest absolute Gasteiger partial charge is 0.0566 e. The zero-order valence-electron chi connectivity index (χ0n) is 5.26. The zero-order chi connectivity index (χ0) is 6.41. The number of rotatable bonds is 2. The summed E-state index contributed by atoms with van der Waals surface area (Å²) in [6, 6.07) is 0. The number of hydrogen-bond acceptors (Lipinski definition) is 1. The molecular formula is C6H11NS. The van der Waals surface area contributed by atoms with Crippen LogP contribution in [-0.2, 0) is 0 Å². The van der Waals surface area contributed by atoms with Crippen LogP contribution < -0.4 is 0 Å². The minimum absolute atomic E-state index is 1.06. The Labute approximate surface area is 55.9 Å². The lowest BCUT2D eigenvalue weighted by Gasteiger charge is -1.86. The third kappa shape index (κ3) is 3.93. The number of nitrogens with zero attached hydrogens (tertiary/aromatic N) is 1. The highest BCUT2D eigenvalue weighted by Crippen LogP contribution is 1.96. The van der Waals surface area contributed by atoms with Gasteiger partial charge in [0.05, 0.1) is 5.55 Å². The van der Waals surface area contributed by atoms with Crippen LogP contribution in [0.2, 0.25) is 0 Å². The van der Waals surface area contributed by atoms with Gasteiger partial charge < -0.3 is 0 Å². The molecule has 0 rings (SSSR count). The first kappa shape index (κ1) is 7.76. The summed E-state index contributed by atoms with van der Waals surface area (Å²) in [5, 5.41) is 0. The third-order valence-electron chi connectivity index (χ3n) is 0.919. The van der Waals surface area contributed by atoms with E-state index in [1.165, 1.54) is 11.1 Å². The topological polar surface area (TPSA) is 12.4 Å². The molecule has 8 heavy (non-hydrogen) atoms. The first-order valence-electron chi connectivity index (χ1n) is 2.62. The molecule has 0 heterocycles. The normalized spacial score (nSPS) is 13.1. The Morgan fingerprint density at radius 2 is 2.38 bits per heavy atom. The Morgan fingerprint density at radius 1 is 1.75 bits per heavy atom. The quantitative estimate of drug-likeness (QED) is 0.333. The monoisotopic (exact) mass is 129 g/mol. The minimum atomic E-state index is 1.06. The Morgan fingerprint density at radius 3 is 2.75 bits per heavy atom. The summed E-state index contributed by atoms with van der Waals surface area (Å²) < 4.78 is 0. The van der Waals surface area contributed by atoms with Crippen molar-refractivity contribution in [1.29, 1.82) is 0 Å². The molecule has 0 bridgehead atoms. The van der Waals surface area contributed by atoms with Crippen LogP contribution in [0.25, 0.3) is 0 Å². The highest BCUT2D eigenvalue weighted by atomic mass is 32.1. The van der Waals surface area contributed by atoms with Crippen LogP contribution in [0.4, 0.5) is 0 Å². The average molecular weight is 129 g/mol. The Bertz CT molecular complexity index is 105. The Kier molecular flexibility index (Phi) is 4.76. The molecule has 0 N–H and O–H groups in total. The van der Waals surface area contributed by atoms with E-state index in [4.69, 9.17) is 0 Å². The standard InChI is InChI=1S/C6H11NS/c1-3-6(2)4-7-5-8/h4-5H,3H2,1-2H3,(H,7,8)/b6-4+. The maximum absolute atomic E-state index is 3.82. The molecule has 0 saturated heterocycles. The maximum atomic E-state index is 3.82. The lowest BCUT2D eigenvalue weighted by atomic mass is 10.3. The molecule has 0 aliphatic carbocycles. The fourth-order valence-electron chi connectivity index (χ4n) is 0.252. The fourth-order valence-corrected chi connectivity index (χ4v) is 0.319. The molecule has 0 aromatic rings. The highest BCUT2D eigenvalue weighted by Gasteiger charge is 1.76. The van der Waals surface area contributed by atoms with Crippen molar-refractivity contribution in [1.82, 2.24) is 0 Å². The van der Waals surface area contributed by atoms with Crippen LogP contribution in [0.1, 0.15) is 20.3 Å². The number of thiol groups is 1. The molecule has 0 aromatic heterocycles. The van der Waals surface area contributed by atoms with Crippen molar-refractivity contribution in [3.63, 3.8) is 0 Å². The molecule has 0 aromatic carbocycles. The molecule has 0 atom stereocenters. The molecule has 0 amide bonds. The van der Waals surface area contributed by atoms with Crippen LogP contribution in [0.3, 0.4) is 0 Å². The average Bonchev–Trinajstić information content (AvgIpc) is 1.83. The first-order chi connectivity index (χ1) is 3.81. The molecule has 0 aliphatic heterocycles. The van der Waals surface area contributed by atoms with Gasteiger partial charge in [-0.15, -0.1) is 12.6 Å². The molecular weight excluding hydrogens is 118 g/mol. The first-order valence-corrected chi connectivity index (χ1v) is 3.14. The van der Waals surface area contributed by atoms with E-state index in [1.54, 1.807) is 0 Å². The highest BCUT2D eigenvalue weighted by molar-refractivity contribution is 7.94. The van der Waals surface area contributed by atoms with Gasteiger partial charge in [-0.3, -0.25) is 4.99 Å². The molecule has 0 radical (unpaired) electrons. The maximum Gasteiger partial charge on any atom is 0.0566 e. The lowest BCUT2D eigenvalue weighted by Crippen LogP contribution is -1.66. The molecule has 0 spiro atoms. The molecule has 0 unspecified atom stereocenters. The van der Waals surface area contributed by atoms with Gasteiger partial charge >= 0.3 is 0 Å². The molecule has 0 fully saturated rings. The third-order valence-corrected chi connectivity index (χ3v) is 1.05. The van der Waals surface area contributed by atoms with E-state index >= 15 is 0 Å². The SMILES string of the molecule is CC/C(C)=C/N=C\S. The van der Waals surface area contributed by atoms with Gasteiger partial charge in [0.25, 0.3) is 0 Å². The predicted octanol–water partition coefficient (Wildman–Crippen LogP) is 2.26. The number of allylic oxidation sites excluding steroid dienone is 1. The van der Waals surface area contributed by atoms with Gasteiger partial charge in [-0.05, 0) is 13.3 Å². The van der Waals surface area contributed by atoms with E-state index < -0.39 is 0 Å². The van der Waals surface area contributed by atoms with E-state index in [-0.39, 0.29) is 0 Å². The van der Waals surface area contributed by atoms with Gasteiger partial charge in [0, 0.05) is 6.20 Å². The van der Waals surface area contributed by atoms with Crippen molar-refractivity contribution in [3.8, 4) is 0 Å². The fraction of sp³-hybridized carbons (Fsp3) is 0.500. The second-order valence-corrected chi connectivity index (χ2v) is 1.82. The second-order valence-electron chi connectivity index (χ2n) is 1.59. The molecule has 0 aliphatic rings. The van der Waals surface area contributed by atoms with Crippen molar-refractivity contribution in [2.45, 2.75) is 20.3 Å². The van der Waals surface area contributed by atoms with Crippen LogP contribution in [-0.4, -0.2) is 5.55 Å². The van der Waals surface area contributed by atoms with E-state index in [9.17, 15) is 0 Å². The molecule has 0 saturated carbocycles. The molecule has 46 valence electrons. The minimum Gasteiger partial charge on any atom is -0.258 e. The van der Waals surface area contributed by atoms with E-state index in [2.05, 4.69) is 24.5 Å². The van der Waals surface area contributed by atoms with E-state index in [0.29, 0.717) is 0 Å². The Balaban J connectivity index is 3.57. The molecule has 1 nitrogen and oxygen atoms in total. The summed E-state index contributed by atoms with van der Waals surface area (Å²) in [4.78, 5) is 3.82. The van der Waals surface area contributed by atoms with Crippen molar-refractivity contribution < 1.29 is 0 Å². The van der Waals surface area contributed by atoms with Crippen LogP contribution in [0.15, 0.2) is 16.8 Å². The van der Waals surface area contributed by atoms with Gasteiger partial charge in [0.2, 0.25) is 0 Å². The number of aliphatic imine (C=N–C) groups is 1. The van der Waals surface area contributed by atoms with E-state index in [1.807, 2.05) is 13.1 Å². The summed E-state index contributed by atoms with van der Waals surface area (Å²) in [6.07, 6.45) is 2.87. The van der Waals surface area contributed by atoms with Gasteiger partial charge in [-0.25, -0.2) is 0 Å². The summed E-state index contributed by atoms with van der Waals surface area (Å²) in [7, 11) is 0. The van der Waals surface area contributed by atoms with Gasteiger partial charge in [0.1, 0.15) is 0 Å². The van der Waals surface area contributed by atoms with Crippen molar-refractivity contribution >= 4 is 18.2 Å². The van der Waals surface area contributed by atoms with Crippen LogP contribution >= 0.6 is 12.6 Å². The van der Waals surface area contributed by atoms with Crippen molar-refractivity contribution in [2.75, 3.05) is 0 Å². The summed E-state index contributed by atoms with van der Waals surface area (Å²) in [6.45, 7) is 4.14. The van der Waals surface area contributed by atoms with Gasteiger partial charge in [-0.2, -0.15) is 0 Å². The summed E-state index contributed by atoms with van der Waals surface area (Å²) in [5.74, 6) is 0. The van der Waals surface area contributed by atoms with Crippen molar-refractivity contribution in [3.05, 3.63) is 11.8 Å². The van der Waals surface area contributed by atoms with Gasteiger partial charge in [-0.1, -0.05) is 12.5 Å². The zero-order valence-corrected chi connectivity index (χ0v) is 6.15. The Hall–Kier alpha value is -0.240. The summed E-state index contributed by atoms with van der Waals surface area (Å²) in [5.41, 5.74) is 2.76. The van der Waals surface area contributed by atoms with Crippen molar-refractivity contribution in [2.24, 2.45) is 4.99 Å². The number of hydrogen-bond donors (Lipinski definition) is 1. The molecule has 2 heteroatoms. The lowest BCUT2D eigenvalue weighted by molar-refractivity contribution is 1.09. The van der Waals surface area contributed by atoms with Crippen LogP contribution in [0.5, 0.6) is 0 Å². The van der Waals surface area contributed by atoms with E-state index in [0.717, 1.165) is 6.42 Å². The predicted molar refractivity (Wildman–Crippen MR) is 41.5 cm³/mol. The largest absolute Gasteiger partial charge is 0.258 e. The van der Waals surface area contributed by atoms with Gasteiger partial charge in [0.15, 0.2) is 0 Å². The summed E-state index contributed by atoms with van der Waals surface area (Å²) >= 11 is 3.80. The second kappa shape index (κ2) is 4.91.